The molecule has 0 bridgehead atoms. The smallest absolute Gasteiger partial charge is 0.143 e. The molecule has 0 radical (unpaired) electrons. The first-order chi connectivity index (χ1) is 10.2. The SMILES string of the molecule is COc1cc(Br)cc(C)c1NC1COCc2ccccc21. The number of benzene rings is 2. The molecule has 3 nitrogen and oxygen atoms in total. The van der Waals surface area contributed by atoms with Crippen molar-refractivity contribution in [1.82, 2.24) is 0 Å². The minimum Gasteiger partial charge on any atom is -0.495 e. The van der Waals surface area contributed by atoms with Gasteiger partial charge in [-0.3, -0.25) is 0 Å². The van der Waals surface area contributed by atoms with Gasteiger partial charge in [0.15, 0.2) is 0 Å². The van der Waals surface area contributed by atoms with Gasteiger partial charge in [0.05, 0.1) is 32.1 Å². The lowest BCUT2D eigenvalue weighted by Gasteiger charge is -2.28. The van der Waals surface area contributed by atoms with Crippen LogP contribution in [0.2, 0.25) is 0 Å². The predicted octanol–water partition coefficient (Wildman–Crippen LogP) is 4.45. The van der Waals surface area contributed by atoms with Crippen LogP contribution in [0.4, 0.5) is 5.69 Å². The van der Waals surface area contributed by atoms with Gasteiger partial charge in [0.2, 0.25) is 0 Å². The van der Waals surface area contributed by atoms with E-state index < -0.39 is 0 Å². The number of hydrogen-bond acceptors (Lipinski definition) is 3. The first-order valence-corrected chi connectivity index (χ1v) is 7.74. The molecule has 0 fully saturated rings. The molecule has 1 unspecified atom stereocenters. The summed E-state index contributed by atoms with van der Waals surface area (Å²) in [5, 5.41) is 3.58. The number of hydrogen-bond donors (Lipinski definition) is 1. The maximum Gasteiger partial charge on any atom is 0.143 e. The van der Waals surface area contributed by atoms with E-state index in [1.54, 1.807) is 7.11 Å². The minimum atomic E-state index is 0.142. The van der Waals surface area contributed by atoms with Crippen molar-refractivity contribution >= 4 is 21.6 Å². The highest BCUT2D eigenvalue weighted by Gasteiger charge is 2.22. The van der Waals surface area contributed by atoms with E-state index in [2.05, 4.69) is 58.5 Å². The Kier molecular flexibility index (Phi) is 4.17. The third-order valence-electron chi connectivity index (χ3n) is 3.78. The van der Waals surface area contributed by atoms with Crippen LogP contribution in [0.1, 0.15) is 22.7 Å². The molecule has 3 rings (SSSR count). The van der Waals surface area contributed by atoms with Crippen LogP contribution >= 0.6 is 15.9 Å². The lowest BCUT2D eigenvalue weighted by molar-refractivity contribution is 0.0969. The Labute approximate surface area is 133 Å². The molecule has 0 spiro atoms. The molecule has 0 saturated carbocycles. The predicted molar refractivity (Wildman–Crippen MR) is 87.9 cm³/mol. The maximum atomic E-state index is 5.71. The van der Waals surface area contributed by atoms with Crippen LogP contribution in [0, 0.1) is 6.92 Å². The van der Waals surface area contributed by atoms with Gasteiger partial charge >= 0.3 is 0 Å². The van der Waals surface area contributed by atoms with E-state index in [1.807, 2.05) is 6.07 Å². The van der Waals surface area contributed by atoms with Gasteiger partial charge in [-0.2, -0.15) is 0 Å². The van der Waals surface area contributed by atoms with Crippen molar-refractivity contribution in [2.45, 2.75) is 19.6 Å². The summed E-state index contributed by atoms with van der Waals surface area (Å²) in [5.74, 6) is 0.838. The van der Waals surface area contributed by atoms with Gasteiger partial charge in [-0.1, -0.05) is 40.2 Å². The number of rotatable bonds is 3. The van der Waals surface area contributed by atoms with Gasteiger partial charge in [-0.05, 0) is 35.7 Å². The van der Waals surface area contributed by atoms with E-state index in [4.69, 9.17) is 9.47 Å². The number of aryl methyl sites for hydroxylation is 1. The van der Waals surface area contributed by atoms with E-state index >= 15 is 0 Å². The Hall–Kier alpha value is -1.52. The second kappa shape index (κ2) is 6.08. The van der Waals surface area contributed by atoms with Crippen LogP contribution in [0.5, 0.6) is 5.75 Å². The maximum absolute atomic E-state index is 5.71. The van der Waals surface area contributed by atoms with E-state index in [9.17, 15) is 0 Å². The lowest BCUT2D eigenvalue weighted by Crippen LogP contribution is -2.23. The first kappa shape index (κ1) is 14.4. The summed E-state index contributed by atoms with van der Waals surface area (Å²) in [7, 11) is 1.69. The van der Waals surface area contributed by atoms with E-state index in [1.165, 1.54) is 11.1 Å². The number of fused-ring (bicyclic) bond motifs is 1. The largest absolute Gasteiger partial charge is 0.495 e. The standard InChI is InChI=1S/C17H18BrNO2/c1-11-7-13(18)8-16(20-2)17(11)19-15-10-21-9-12-5-3-4-6-14(12)15/h3-8,15,19H,9-10H2,1-2H3. The van der Waals surface area contributed by atoms with Crippen LogP contribution in [-0.4, -0.2) is 13.7 Å². The first-order valence-electron chi connectivity index (χ1n) is 6.95. The Morgan fingerprint density at radius 2 is 2.10 bits per heavy atom. The van der Waals surface area contributed by atoms with Gasteiger partial charge in [0.25, 0.3) is 0 Å². The zero-order chi connectivity index (χ0) is 14.8. The number of anilines is 1. The van der Waals surface area contributed by atoms with Crippen LogP contribution in [0.3, 0.4) is 0 Å². The molecular formula is C17H18BrNO2. The highest BCUT2D eigenvalue weighted by molar-refractivity contribution is 9.10. The summed E-state index contributed by atoms with van der Waals surface area (Å²) in [5.41, 5.74) is 4.71. The summed E-state index contributed by atoms with van der Waals surface area (Å²) < 4.78 is 12.2. The highest BCUT2D eigenvalue weighted by atomic mass is 79.9. The van der Waals surface area contributed by atoms with Gasteiger partial charge in [-0.25, -0.2) is 0 Å². The highest BCUT2D eigenvalue weighted by Crippen LogP contribution is 2.36. The Bertz CT molecular complexity index is 657. The fraction of sp³-hybridized carbons (Fsp3) is 0.294. The van der Waals surface area contributed by atoms with Crippen molar-refractivity contribution in [3.05, 3.63) is 57.6 Å². The molecule has 110 valence electrons. The molecule has 0 saturated heterocycles. The molecule has 1 atom stereocenters. The molecule has 0 amide bonds. The topological polar surface area (TPSA) is 30.5 Å². The van der Waals surface area contributed by atoms with Crippen LogP contribution in [0.25, 0.3) is 0 Å². The molecule has 1 N–H and O–H groups in total. The minimum absolute atomic E-state index is 0.142. The van der Waals surface area contributed by atoms with Gasteiger partial charge in [0, 0.05) is 4.47 Å². The molecule has 1 heterocycles. The van der Waals surface area contributed by atoms with Crippen molar-refractivity contribution in [2.24, 2.45) is 0 Å². The third-order valence-corrected chi connectivity index (χ3v) is 4.23. The summed E-state index contributed by atoms with van der Waals surface area (Å²) in [4.78, 5) is 0. The number of halogens is 1. The molecule has 1 aliphatic rings. The van der Waals surface area contributed by atoms with Crippen molar-refractivity contribution < 1.29 is 9.47 Å². The molecule has 21 heavy (non-hydrogen) atoms. The molecule has 1 aliphatic heterocycles. The zero-order valence-electron chi connectivity index (χ0n) is 12.2. The number of ether oxygens (including phenoxy) is 2. The Morgan fingerprint density at radius 3 is 2.90 bits per heavy atom. The summed E-state index contributed by atoms with van der Waals surface area (Å²) >= 11 is 3.51. The Balaban J connectivity index is 1.95. The molecule has 0 aromatic heterocycles. The van der Waals surface area contributed by atoms with Gasteiger partial charge in [-0.15, -0.1) is 0 Å². The van der Waals surface area contributed by atoms with E-state index in [-0.39, 0.29) is 6.04 Å². The molecule has 0 aliphatic carbocycles. The third kappa shape index (κ3) is 2.92. The van der Waals surface area contributed by atoms with Crippen molar-refractivity contribution in [1.29, 1.82) is 0 Å². The normalized spacial score (nSPS) is 17.2. The van der Waals surface area contributed by atoms with Crippen molar-refractivity contribution in [3.8, 4) is 5.75 Å². The average Bonchev–Trinajstić information content (AvgIpc) is 2.50. The molecule has 4 heteroatoms. The molecule has 2 aromatic rings. The van der Waals surface area contributed by atoms with Crippen molar-refractivity contribution in [2.75, 3.05) is 19.0 Å². The van der Waals surface area contributed by atoms with E-state index in [0.717, 1.165) is 21.5 Å². The van der Waals surface area contributed by atoms with Crippen molar-refractivity contribution in [3.63, 3.8) is 0 Å². The quantitative estimate of drug-likeness (QED) is 0.889. The summed E-state index contributed by atoms with van der Waals surface area (Å²) in [6.07, 6.45) is 0. The van der Waals surface area contributed by atoms with Gasteiger partial charge in [0.1, 0.15) is 5.75 Å². The van der Waals surface area contributed by atoms with Crippen LogP contribution in [-0.2, 0) is 11.3 Å². The molecule has 2 aromatic carbocycles. The second-order valence-corrected chi connectivity index (χ2v) is 6.13. The monoisotopic (exact) mass is 347 g/mol. The average molecular weight is 348 g/mol. The number of nitrogens with one attached hydrogen (secondary N) is 1. The Morgan fingerprint density at radius 1 is 1.29 bits per heavy atom. The molecular weight excluding hydrogens is 330 g/mol. The summed E-state index contributed by atoms with van der Waals surface area (Å²) in [6, 6.07) is 12.6. The van der Waals surface area contributed by atoms with Crippen LogP contribution in [0.15, 0.2) is 40.9 Å². The van der Waals surface area contributed by atoms with Gasteiger partial charge < -0.3 is 14.8 Å². The van der Waals surface area contributed by atoms with E-state index in [0.29, 0.717) is 13.2 Å². The summed E-state index contributed by atoms with van der Waals surface area (Å²) in [6.45, 7) is 3.42. The fourth-order valence-corrected chi connectivity index (χ4v) is 3.29. The zero-order valence-corrected chi connectivity index (χ0v) is 13.7. The lowest BCUT2D eigenvalue weighted by atomic mass is 9.98. The number of methoxy groups -OCH3 is 1. The second-order valence-electron chi connectivity index (χ2n) is 5.21. The fourth-order valence-electron chi connectivity index (χ4n) is 2.73. The van der Waals surface area contributed by atoms with Crippen LogP contribution < -0.4 is 10.1 Å².